The lowest BCUT2D eigenvalue weighted by Gasteiger charge is -2.03. The van der Waals surface area contributed by atoms with Crippen LogP contribution < -0.4 is 5.73 Å². The third-order valence-corrected chi connectivity index (χ3v) is 1.77. The molecule has 0 saturated heterocycles. The summed E-state index contributed by atoms with van der Waals surface area (Å²) in [4.78, 5) is 0. The number of allylic oxidation sites excluding steroid dienone is 8. The number of hydrogen-bond acceptors (Lipinski definition) is 2. The van der Waals surface area contributed by atoms with Gasteiger partial charge in [-0.15, -0.1) is 0 Å². The van der Waals surface area contributed by atoms with Crippen LogP contribution in [0.4, 0.5) is 0 Å². The molecular weight excluding hydrogens is 196 g/mol. The van der Waals surface area contributed by atoms with Crippen molar-refractivity contribution >= 4 is 6.21 Å². The van der Waals surface area contributed by atoms with Gasteiger partial charge in [0.15, 0.2) is 0 Å². The number of hydrogen-bond donors (Lipinski definition) is 2. The molecule has 0 aromatic carbocycles. The third kappa shape index (κ3) is 5.81. The molecule has 86 valence electrons. The van der Waals surface area contributed by atoms with E-state index in [1.165, 1.54) is 12.4 Å². The van der Waals surface area contributed by atoms with Crippen LogP contribution in [0.5, 0.6) is 0 Å². The van der Waals surface area contributed by atoms with Gasteiger partial charge in [-0.3, -0.25) is 0 Å². The van der Waals surface area contributed by atoms with Crippen molar-refractivity contribution < 1.29 is 0 Å². The molecule has 2 heteroatoms. The third-order valence-electron chi connectivity index (χ3n) is 1.77. The molecule has 0 aliphatic heterocycles. The maximum Gasteiger partial charge on any atom is 0.0183 e. The van der Waals surface area contributed by atoms with Gasteiger partial charge in [0.25, 0.3) is 0 Å². The smallest absolute Gasteiger partial charge is 0.0183 e. The van der Waals surface area contributed by atoms with Gasteiger partial charge in [0.05, 0.1) is 0 Å². The lowest BCUT2D eigenvalue weighted by Crippen LogP contribution is -1.91. The second kappa shape index (κ2) is 7.46. The Morgan fingerprint density at radius 3 is 2.12 bits per heavy atom. The average molecular weight is 216 g/mol. The van der Waals surface area contributed by atoms with Gasteiger partial charge >= 0.3 is 0 Å². The van der Waals surface area contributed by atoms with Crippen LogP contribution in [0.25, 0.3) is 0 Å². The molecule has 0 aliphatic rings. The van der Waals surface area contributed by atoms with Gasteiger partial charge in [-0.2, -0.15) is 0 Å². The molecule has 0 aromatic rings. The van der Waals surface area contributed by atoms with E-state index < -0.39 is 0 Å². The normalized spacial score (nSPS) is 12.7. The van der Waals surface area contributed by atoms with E-state index in [0.29, 0.717) is 0 Å². The predicted molar refractivity (Wildman–Crippen MR) is 72.5 cm³/mol. The molecule has 16 heavy (non-hydrogen) atoms. The fourth-order valence-electron chi connectivity index (χ4n) is 1.11. The number of nitrogens with two attached hydrogens (primary N) is 1. The van der Waals surface area contributed by atoms with Gasteiger partial charge in [0.2, 0.25) is 0 Å². The van der Waals surface area contributed by atoms with Gasteiger partial charge in [0, 0.05) is 12.4 Å². The monoisotopic (exact) mass is 216 g/mol. The van der Waals surface area contributed by atoms with Crippen LogP contribution in [0.15, 0.2) is 59.4 Å². The molecule has 0 fully saturated rings. The highest BCUT2D eigenvalue weighted by Gasteiger charge is 1.97. The first-order valence-electron chi connectivity index (χ1n) is 5.12. The zero-order valence-corrected chi connectivity index (χ0v) is 10.2. The molecule has 0 aromatic heterocycles. The first-order valence-corrected chi connectivity index (χ1v) is 5.12. The first-order chi connectivity index (χ1) is 7.51. The molecule has 0 aliphatic carbocycles. The molecule has 0 bridgehead atoms. The number of rotatable bonds is 5. The standard InChI is InChI=1S/C14H20N2/c1-11(2)5-6-14(10-16)13(7-8-15)9-12(3)4/h5-10,15H,1,16H2,2-4H3/b6-5-,13-7+,14-10+,15-8?. The van der Waals surface area contributed by atoms with E-state index in [4.69, 9.17) is 11.1 Å². The zero-order chi connectivity index (χ0) is 12.6. The van der Waals surface area contributed by atoms with Gasteiger partial charge in [-0.25, -0.2) is 0 Å². The van der Waals surface area contributed by atoms with Crippen LogP contribution in [-0.2, 0) is 0 Å². The summed E-state index contributed by atoms with van der Waals surface area (Å²) < 4.78 is 0. The van der Waals surface area contributed by atoms with Crippen LogP contribution in [0, 0.1) is 5.41 Å². The van der Waals surface area contributed by atoms with Crippen LogP contribution in [0.1, 0.15) is 20.8 Å². The molecule has 0 amide bonds. The minimum absolute atomic E-state index is 0.882. The topological polar surface area (TPSA) is 49.9 Å². The van der Waals surface area contributed by atoms with Crippen molar-refractivity contribution in [2.24, 2.45) is 5.73 Å². The van der Waals surface area contributed by atoms with Crippen molar-refractivity contribution in [1.82, 2.24) is 0 Å². The van der Waals surface area contributed by atoms with Crippen molar-refractivity contribution in [3.8, 4) is 0 Å². The Morgan fingerprint density at radius 2 is 1.75 bits per heavy atom. The fourth-order valence-corrected chi connectivity index (χ4v) is 1.11. The maximum absolute atomic E-state index is 7.12. The van der Waals surface area contributed by atoms with Crippen molar-refractivity contribution in [2.75, 3.05) is 0 Å². The first kappa shape index (κ1) is 14.2. The van der Waals surface area contributed by atoms with Crippen molar-refractivity contribution in [2.45, 2.75) is 20.8 Å². The Hall–Kier alpha value is -1.83. The van der Waals surface area contributed by atoms with Gasteiger partial charge < -0.3 is 11.1 Å². The molecule has 0 saturated carbocycles. The largest absolute Gasteiger partial charge is 0.404 e. The van der Waals surface area contributed by atoms with Crippen molar-refractivity contribution in [3.05, 3.63) is 59.4 Å². The van der Waals surface area contributed by atoms with E-state index in [0.717, 1.165) is 22.3 Å². The highest BCUT2D eigenvalue weighted by molar-refractivity contribution is 5.73. The minimum Gasteiger partial charge on any atom is -0.404 e. The average Bonchev–Trinajstić information content (AvgIpc) is 2.17. The summed E-state index contributed by atoms with van der Waals surface area (Å²) in [5.41, 5.74) is 9.51. The molecule has 0 atom stereocenters. The minimum atomic E-state index is 0.882. The summed E-state index contributed by atoms with van der Waals surface area (Å²) in [6.07, 6.45) is 10.3. The fraction of sp³-hybridized carbons (Fsp3) is 0.214. The summed E-state index contributed by atoms with van der Waals surface area (Å²) in [5.74, 6) is 0. The summed E-state index contributed by atoms with van der Waals surface area (Å²) in [6, 6.07) is 0. The summed E-state index contributed by atoms with van der Waals surface area (Å²) in [7, 11) is 0. The van der Waals surface area contributed by atoms with Crippen molar-refractivity contribution in [1.29, 1.82) is 5.41 Å². The highest BCUT2D eigenvalue weighted by atomic mass is 14.5. The van der Waals surface area contributed by atoms with Crippen LogP contribution in [-0.4, -0.2) is 6.21 Å². The van der Waals surface area contributed by atoms with Gasteiger partial charge in [0.1, 0.15) is 0 Å². The van der Waals surface area contributed by atoms with E-state index in [2.05, 4.69) is 6.58 Å². The Labute approximate surface area is 98.1 Å². The summed E-state index contributed by atoms with van der Waals surface area (Å²) >= 11 is 0. The molecule has 0 rings (SSSR count). The Kier molecular flexibility index (Phi) is 6.61. The van der Waals surface area contributed by atoms with Crippen LogP contribution in [0.2, 0.25) is 0 Å². The van der Waals surface area contributed by atoms with E-state index in [1.807, 2.05) is 39.0 Å². The van der Waals surface area contributed by atoms with Crippen LogP contribution >= 0.6 is 0 Å². The molecule has 0 radical (unpaired) electrons. The quantitative estimate of drug-likeness (QED) is 0.536. The summed E-state index contributed by atoms with van der Waals surface area (Å²) in [5, 5.41) is 7.12. The molecule has 0 spiro atoms. The molecular formula is C14H20N2. The number of nitrogens with one attached hydrogen (secondary N) is 1. The molecule has 0 unspecified atom stereocenters. The lowest BCUT2D eigenvalue weighted by atomic mass is 10.0. The Balaban J connectivity index is 5.19. The van der Waals surface area contributed by atoms with Crippen molar-refractivity contribution in [3.63, 3.8) is 0 Å². The summed E-state index contributed by atoms with van der Waals surface area (Å²) in [6.45, 7) is 9.73. The molecule has 2 nitrogen and oxygen atoms in total. The highest BCUT2D eigenvalue weighted by Crippen LogP contribution is 2.14. The Bertz CT molecular complexity index is 376. The molecule has 3 N–H and O–H groups in total. The van der Waals surface area contributed by atoms with E-state index >= 15 is 0 Å². The second-order valence-corrected chi connectivity index (χ2v) is 3.81. The van der Waals surface area contributed by atoms with E-state index in [9.17, 15) is 0 Å². The van der Waals surface area contributed by atoms with Crippen LogP contribution in [0.3, 0.4) is 0 Å². The Morgan fingerprint density at radius 1 is 1.12 bits per heavy atom. The van der Waals surface area contributed by atoms with Gasteiger partial charge in [-0.1, -0.05) is 36.0 Å². The maximum atomic E-state index is 7.12. The predicted octanol–water partition coefficient (Wildman–Crippen LogP) is 3.50. The van der Waals surface area contributed by atoms with E-state index in [1.54, 1.807) is 6.08 Å². The van der Waals surface area contributed by atoms with Gasteiger partial charge in [-0.05, 0) is 38.0 Å². The van der Waals surface area contributed by atoms with E-state index in [-0.39, 0.29) is 0 Å². The lowest BCUT2D eigenvalue weighted by molar-refractivity contribution is 1.35. The molecule has 0 heterocycles. The second-order valence-electron chi connectivity index (χ2n) is 3.81. The zero-order valence-electron chi connectivity index (χ0n) is 10.2. The SMILES string of the molecule is C=C(C)\C=C/C(=C\N)C(/C=C(C)C)=C/C=N.